The first kappa shape index (κ1) is 25.9. The second-order valence-corrected chi connectivity index (χ2v) is 12.9. The molecule has 176 valence electrons. The monoisotopic (exact) mass is 449 g/mol. The van der Waals surface area contributed by atoms with Gasteiger partial charge in [-0.15, -0.1) is 0 Å². The molecule has 2 rings (SSSR count). The summed E-state index contributed by atoms with van der Waals surface area (Å²) in [7, 11) is -2.94. The van der Waals surface area contributed by atoms with Crippen molar-refractivity contribution in [2.45, 2.75) is 105 Å². The van der Waals surface area contributed by atoms with Gasteiger partial charge in [-0.25, -0.2) is 8.42 Å². The van der Waals surface area contributed by atoms with Gasteiger partial charge in [-0.05, 0) is 121 Å². The highest BCUT2D eigenvalue weighted by Gasteiger charge is 2.27. The van der Waals surface area contributed by atoms with Gasteiger partial charge in [0.2, 0.25) is 0 Å². The molecule has 1 N–H and O–H groups in total. The number of carbonyl (C=O) groups is 1. The van der Waals surface area contributed by atoms with Gasteiger partial charge in [-0.2, -0.15) is 0 Å². The molecule has 1 aromatic carbocycles. The van der Waals surface area contributed by atoms with E-state index in [1.54, 1.807) is 13.8 Å². The Morgan fingerprint density at radius 3 is 1.81 bits per heavy atom. The van der Waals surface area contributed by atoms with E-state index in [0.717, 1.165) is 55.2 Å². The first-order valence-corrected chi connectivity index (χ1v) is 13.7. The molecule has 4 nitrogen and oxygen atoms in total. The largest absolute Gasteiger partial charge is 0.350 e. The predicted octanol–water partition coefficient (Wildman–Crippen LogP) is 5.62. The summed E-state index contributed by atoms with van der Waals surface area (Å²) in [6.45, 7) is 16.0. The number of benzene rings is 1. The fourth-order valence-corrected chi connectivity index (χ4v) is 6.37. The zero-order chi connectivity index (χ0) is 23.5. The lowest BCUT2D eigenvalue weighted by atomic mass is 9.79. The molecule has 0 aromatic heterocycles. The summed E-state index contributed by atoms with van der Waals surface area (Å²) in [5.41, 5.74) is 6.90. The molecule has 1 saturated carbocycles. The van der Waals surface area contributed by atoms with E-state index in [0.29, 0.717) is 17.6 Å². The molecule has 0 spiro atoms. The third-order valence-electron chi connectivity index (χ3n) is 7.38. The highest BCUT2D eigenvalue weighted by atomic mass is 32.2. The first-order chi connectivity index (χ1) is 14.3. The third-order valence-corrected chi connectivity index (χ3v) is 9.75. The fraction of sp³-hybridized carbons (Fsp3) is 0.731. The summed E-state index contributed by atoms with van der Waals surface area (Å²) >= 11 is 0. The van der Waals surface area contributed by atoms with Gasteiger partial charge in [0.15, 0.2) is 9.84 Å². The van der Waals surface area contributed by atoms with Crippen molar-refractivity contribution >= 4 is 15.7 Å². The number of hydrogen-bond acceptors (Lipinski definition) is 3. The number of sulfone groups is 1. The van der Waals surface area contributed by atoms with Gasteiger partial charge < -0.3 is 5.32 Å². The zero-order valence-corrected chi connectivity index (χ0v) is 21.7. The minimum atomic E-state index is -2.94. The number of nitrogens with one attached hydrogen (secondary N) is 1. The van der Waals surface area contributed by atoms with Crippen molar-refractivity contribution in [1.29, 1.82) is 0 Å². The van der Waals surface area contributed by atoms with Crippen LogP contribution in [0.5, 0.6) is 0 Å². The summed E-state index contributed by atoms with van der Waals surface area (Å²) < 4.78 is 24.5. The zero-order valence-electron chi connectivity index (χ0n) is 20.9. The molecule has 0 heterocycles. The van der Waals surface area contributed by atoms with Crippen LogP contribution in [0.3, 0.4) is 0 Å². The molecule has 0 saturated heterocycles. The van der Waals surface area contributed by atoms with Crippen molar-refractivity contribution < 1.29 is 13.2 Å². The Hall–Kier alpha value is -1.36. The Labute approximate surface area is 190 Å². The quantitative estimate of drug-likeness (QED) is 0.560. The molecular weight excluding hydrogens is 406 g/mol. The van der Waals surface area contributed by atoms with Crippen LogP contribution in [-0.4, -0.2) is 31.4 Å². The average molecular weight is 450 g/mol. The van der Waals surface area contributed by atoms with Crippen molar-refractivity contribution in [2.24, 2.45) is 11.8 Å². The highest BCUT2D eigenvalue weighted by molar-refractivity contribution is 7.91. The average Bonchev–Trinajstić information content (AvgIpc) is 2.67. The Morgan fingerprint density at radius 2 is 1.35 bits per heavy atom. The predicted molar refractivity (Wildman–Crippen MR) is 131 cm³/mol. The van der Waals surface area contributed by atoms with Crippen molar-refractivity contribution in [1.82, 2.24) is 5.32 Å². The minimum Gasteiger partial charge on any atom is -0.350 e. The second kappa shape index (κ2) is 10.5. The van der Waals surface area contributed by atoms with E-state index < -0.39 is 9.84 Å². The van der Waals surface area contributed by atoms with Crippen molar-refractivity contribution in [3.63, 3.8) is 0 Å². The van der Waals surface area contributed by atoms with E-state index >= 15 is 0 Å². The summed E-state index contributed by atoms with van der Waals surface area (Å²) in [6.07, 6.45) is 6.49. The fourth-order valence-electron chi connectivity index (χ4n) is 5.00. The number of amides is 1. The molecule has 1 fully saturated rings. The minimum absolute atomic E-state index is 0.0254. The molecule has 0 unspecified atom stereocenters. The Bertz CT molecular complexity index is 863. The van der Waals surface area contributed by atoms with Crippen LogP contribution < -0.4 is 5.32 Å². The maximum Gasteiger partial charge on any atom is 0.252 e. The van der Waals surface area contributed by atoms with Gasteiger partial charge in [-0.1, -0.05) is 12.8 Å². The molecule has 1 amide bonds. The smallest absolute Gasteiger partial charge is 0.252 e. The van der Waals surface area contributed by atoms with E-state index in [1.165, 1.54) is 16.7 Å². The number of rotatable bonds is 8. The molecule has 0 aliphatic heterocycles. The number of carbonyl (C=O) groups excluding carboxylic acids is 1. The molecule has 1 aliphatic rings. The van der Waals surface area contributed by atoms with Crippen LogP contribution in [-0.2, 0) is 16.3 Å². The Morgan fingerprint density at radius 1 is 0.871 bits per heavy atom. The second-order valence-electron chi connectivity index (χ2n) is 10.3. The van der Waals surface area contributed by atoms with E-state index in [4.69, 9.17) is 0 Å². The third kappa shape index (κ3) is 6.34. The number of hydrogen-bond donors (Lipinski definition) is 1. The van der Waals surface area contributed by atoms with Crippen LogP contribution in [0.2, 0.25) is 0 Å². The van der Waals surface area contributed by atoms with E-state index in [1.807, 2.05) is 13.8 Å². The van der Waals surface area contributed by atoms with Gasteiger partial charge in [0.1, 0.15) is 0 Å². The lowest BCUT2D eigenvalue weighted by Crippen LogP contribution is -2.31. The standard InChI is InChI=1S/C26H43NO3S/c1-16(2)27-26(28)25-20(7)18(5)24(19(6)21(25)8)14-13-22-9-11-23(12-10-22)15-31(29,30)17(3)4/h16-17,22-23H,9-15H2,1-8H3,(H,27,28). The van der Waals surface area contributed by atoms with Gasteiger partial charge in [-0.3, -0.25) is 4.79 Å². The molecule has 0 radical (unpaired) electrons. The van der Waals surface area contributed by atoms with Crippen LogP contribution >= 0.6 is 0 Å². The molecule has 5 heteroatoms. The molecular formula is C26H43NO3S. The van der Waals surface area contributed by atoms with Crippen LogP contribution in [0.1, 0.15) is 98.0 Å². The van der Waals surface area contributed by atoms with Gasteiger partial charge in [0.05, 0.1) is 11.0 Å². The van der Waals surface area contributed by atoms with Gasteiger partial charge in [0, 0.05) is 11.6 Å². The Kier molecular flexibility index (Phi) is 8.77. The lowest BCUT2D eigenvalue weighted by Gasteiger charge is -2.29. The normalized spacial score (nSPS) is 19.8. The van der Waals surface area contributed by atoms with E-state index in [2.05, 4.69) is 33.0 Å². The van der Waals surface area contributed by atoms with Crippen LogP contribution in [0.25, 0.3) is 0 Å². The summed E-state index contributed by atoms with van der Waals surface area (Å²) in [4.78, 5) is 12.7. The molecule has 31 heavy (non-hydrogen) atoms. The van der Waals surface area contributed by atoms with Crippen molar-refractivity contribution in [3.8, 4) is 0 Å². The maximum absolute atomic E-state index is 12.7. The van der Waals surface area contributed by atoms with Gasteiger partial charge in [0.25, 0.3) is 5.91 Å². The summed E-state index contributed by atoms with van der Waals surface area (Å²) in [6, 6.07) is 0.122. The van der Waals surface area contributed by atoms with E-state index in [9.17, 15) is 13.2 Å². The van der Waals surface area contributed by atoms with E-state index in [-0.39, 0.29) is 17.2 Å². The molecule has 0 atom stereocenters. The van der Waals surface area contributed by atoms with Crippen molar-refractivity contribution in [2.75, 3.05) is 5.75 Å². The van der Waals surface area contributed by atoms with Crippen LogP contribution in [0, 0.1) is 39.5 Å². The summed E-state index contributed by atoms with van der Waals surface area (Å²) in [5, 5.41) is 2.77. The molecule has 0 bridgehead atoms. The molecule has 1 aromatic rings. The summed E-state index contributed by atoms with van der Waals surface area (Å²) in [5.74, 6) is 1.38. The molecule has 1 aliphatic carbocycles. The lowest BCUT2D eigenvalue weighted by molar-refractivity contribution is 0.0941. The highest BCUT2D eigenvalue weighted by Crippen LogP contribution is 2.35. The maximum atomic E-state index is 12.7. The van der Waals surface area contributed by atoms with Crippen LogP contribution in [0.15, 0.2) is 0 Å². The first-order valence-electron chi connectivity index (χ1n) is 12.0. The van der Waals surface area contributed by atoms with Crippen LogP contribution in [0.4, 0.5) is 0 Å². The van der Waals surface area contributed by atoms with Crippen molar-refractivity contribution in [3.05, 3.63) is 33.4 Å². The SMILES string of the molecule is Cc1c(C)c(C(=O)NC(C)C)c(C)c(C)c1CCC1CCC(CS(=O)(=O)C(C)C)CC1. The topological polar surface area (TPSA) is 63.2 Å². The van der Waals surface area contributed by atoms with Gasteiger partial charge >= 0.3 is 0 Å². The Balaban J connectivity index is 2.04.